The third kappa shape index (κ3) is 3.67. The van der Waals surface area contributed by atoms with Crippen molar-refractivity contribution < 1.29 is 9.53 Å². The molecule has 0 fully saturated rings. The second kappa shape index (κ2) is 7.27. The second-order valence-corrected chi connectivity index (χ2v) is 6.23. The fourth-order valence-electron chi connectivity index (χ4n) is 2.90. The zero-order valence-electron chi connectivity index (χ0n) is 14.3. The van der Waals surface area contributed by atoms with Crippen LogP contribution >= 0.6 is 0 Å². The highest BCUT2D eigenvalue weighted by Gasteiger charge is 2.16. The van der Waals surface area contributed by atoms with Gasteiger partial charge in [0, 0.05) is 31.0 Å². The average molecular weight is 345 g/mol. The van der Waals surface area contributed by atoms with E-state index in [-0.39, 0.29) is 5.91 Å². The van der Waals surface area contributed by atoms with Gasteiger partial charge in [0.05, 0.1) is 11.9 Å². The van der Waals surface area contributed by atoms with Gasteiger partial charge in [-0.25, -0.2) is 4.98 Å². The maximum atomic E-state index is 12.4. The molecule has 130 valence electrons. The summed E-state index contributed by atoms with van der Waals surface area (Å²) in [5.41, 5.74) is 3.83. The molecular formula is C21H19N3O2. The summed E-state index contributed by atoms with van der Waals surface area (Å²) in [4.78, 5) is 16.4. The number of nitrogens with one attached hydrogen (secondary N) is 1. The minimum Gasteiger partial charge on any atom is -0.488 e. The molecule has 3 aromatic rings. The Balaban J connectivity index is 1.35. The lowest BCUT2D eigenvalue weighted by Crippen LogP contribution is -2.28. The second-order valence-electron chi connectivity index (χ2n) is 6.23. The summed E-state index contributed by atoms with van der Waals surface area (Å²) >= 11 is 0. The van der Waals surface area contributed by atoms with Crippen molar-refractivity contribution in [1.29, 1.82) is 0 Å². The fraction of sp³-hybridized carbons (Fsp3) is 0.143. The molecule has 1 aliphatic rings. The number of hydrogen-bond acceptors (Lipinski definition) is 3. The third-order valence-electron chi connectivity index (χ3n) is 4.32. The molecule has 5 nitrogen and oxygen atoms in total. The van der Waals surface area contributed by atoms with Gasteiger partial charge in [0.25, 0.3) is 5.91 Å². The SMILES string of the molecule is O=C(NCc1ccc(Cn2ccnc2)cc1)C1=Cc2ccccc2OC1. The van der Waals surface area contributed by atoms with Crippen LogP contribution in [0.2, 0.25) is 0 Å². The van der Waals surface area contributed by atoms with Gasteiger partial charge in [-0.1, -0.05) is 42.5 Å². The minimum atomic E-state index is -0.0954. The van der Waals surface area contributed by atoms with Crippen LogP contribution in [0.3, 0.4) is 0 Å². The largest absolute Gasteiger partial charge is 0.488 e. The topological polar surface area (TPSA) is 56.2 Å². The maximum absolute atomic E-state index is 12.4. The molecule has 0 spiro atoms. The highest BCUT2D eigenvalue weighted by molar-refractivity contribution is 5.99. The van der Waals surface area contributed by atoms with E-state index in [1.54, 1.807) is 12.5 Å². The number of rotatable bonds is 5. The van der Waals surface area contributed by atoms with E-state index in [0.29, 0.717) is 18.7 Å². The van der Waals surface area contributed by atoms with Crippen LogP contribution in [0.15, 0.2) is 72.8 Å². The average Bonchev–Trinajstić information content (AvgIpc) is 3.20. The van der Waals surface area contributed by atoms with Gasteiger partial charge < -0.3 is 14.6 Å². The Bertz CT molecular complexity index is 928. The van der Waals surface area contributed by atoms with E-state index >= 15 is 0 Å². The minimum absolute atomic E-state index is 0.0954. The Kier molecular flexibility index (Phi) is 4.51. The quantitative estimate of drug-likeness (QED) is 0.773. The van der Waals surface area contributed by atoms with E-state index in [2.05, 4.69) is 22.4 Å². The molecule has 0 saturated heterocycles. The number of carbonyl (C=O) groups is 1. The molecular weight excluding hydrogens is 326 g/mol. The van der Waals surface area contributed by atoms with Gasteiger partial charge in [-0.2, -0.15) is 0 Å². The number of nitrogens with zero attached hydrogens (tertiary/aromatic N) is 2. The lowest BCUT2D eigenvalue weighted by Gasteiger charge is -2.17. The van der Waals surface area contributed by atoms with Gasteiger partial charge >= 0.3 is 0 Å². The van der Waals surface area contributed by atoms with Gasteiger partial charge in [-0.05, 0) is 23.3 Å². The Labute approximate surface area is 152 Å². The number of carbonyl (C=O) groups excluding carboxylic acids is 1. The Hall–Kier alpha value is -3.34. The zero-order chi connectivity index (χ0) is 17.8. The summed E-state index contributed by atoms with van der Waals surface area (Å²) in [5, 5.41) is 2.96. The molecule has 0 radical (unpaired) electrons. The highest BCUT2D eigenvalue weighted by Crippen LogP contribution is 2.25. The lowest BCUT2D eigenvalue weighted by atomic mass is 10.1. The first-order valence-electron chi connectivity index (χ1n) is 8.52. The molecule has 1 N–H and O–H groups in total. The van der Waals surface area contributed by atoms with Crippen LogP contribution in [-0.2, 0) is 17.9 Å². The monoisotopic (exact) mass is 345 g/mol. The molecule has 4 rings (SSSR count). The van der Waals surface area contributed by atoms with E-state index < -0.39 is 0 Å². The summed E-state index contributed by atoms with van der Waals surface area (Å²) in [6.45, 7) is 1.58. The van der Waals surface area contributed by atoms with Gasteiger partial charge in [0.1, 0.15) is 12.4 Å². The smallest absolute Gasteiger partial charge is 0.250 e. The summed E-state index contributed by atoms with van der Waals surface area (Å²) in [6.07, 6.45) is 7.40. The molecule has 0 atom stereocenters. The summed E-state index contributed by atoms with van der Waals surface area (Å²) < 4.78 is 7.66. The first-order chi connectivity index (χ1) is 12.8. The predicted molar refractivity (Wildman–Crippen MR) is 99.5 cm³/mol. The van der Waals surface area contributed by atoms with Gasteiger partial charge in [0.2, 0.25) is 0 Å². The van der Waals surface area contributed by atoms with E-state index in [1.807, 2.05) is 53.2 Å². The van der Waals surface area contributed by atoms with Crippen molar-refractivity contribution in [2.45, 2.75) is 13.1 Å². The van der Waals surface area contributed by atoms with Crippen molar-refractivity contribution in [3.63, 3.8) is 0 Å². The number of fused-ring (bicyclic) bond motifs is 1. The Morgan fingerprint density at radius 3 is 2.73 bits per heavy atom. The standard InChI is InChI=1S/C21H19N3O2/c25-21(19-11-18-3-1-2-4-20(18)26-14-19)23-12-16-5-7-17(8-6-16)13-24-10-9-22-15-24/h1-11,15H,12-14H2,(H,23,25). The molecule has 1 amide bonds. The maximum Gasteiger partial charge on any atom is 0.250 e. The van der Waals surface area contributed by atoms with Gasteiger partial charge in [0.15, 0.2) is 0 Å². The number of hydrogen-bond donors (Lipinski definition) is 1. The molecule has 0 bridgehead atoms. The zero-order valence-corrected chi connectivity index (χ0v) is 14.3. The van der Waals surface area contributed by atoms with Crippen molar-refractivity contribution in [2.75, 3.05) is 6.61 Å². The number of aromatic nitrogens is 2. The Morgan fingerprint density at radius 2 is 1.92 bits per heavy atom. The number of benzene rings is 2. The molecule has 26 heavy (non-hydrogen) atoms. The van der Waals surface area contributed by atoms with E-state index in [0.717, 1.165) is 23.4 Å². The number of imidazole rings is 1. The van der Waals surface area contributed by atoms with Crippen molar-refractivity contribution in [3.05, 3.63) is 89.5 Å². The summed E-state index contributed by atoms with van der Waals surface area (Å²) in [5.74, 6) is 0.722. The third-order valence-corrected chi connectivity index (χ3v) is 4.32. The van der Waals surface area contributed by atoms with Crippen LogP contribution in [0.25, 0.3) is 6.08 Å². The fourth-order valence-corrected chi connectivity index (χ4v) is 2.90. The Morgan fingerprint density at radius 1 is 1.12 bits per heavy atom. The van der Waals surface area contributed by atoms with E-state index in [1.165, 1.54) is 5.56 Å². The molecule has 0 aliphatic carbocycles. The molecule has 1 aliphatic heterocycles. The van der Waals surface area contributed by atoms with Crippen molar-refractivity contribution >= 4 is 12.0 Å². The summed E-state index contributed by atoms with van der Waals surface area (Å²) in [7, 11) is 0. The van der Waals surface area contributed by atoms with Crippen LogP contribution in [0.4, 0.5) is 0 Å². The number of para-hydroxylation sites is 1. The molecule has 2 heterocycles. The van der Waals surface area contributed by atoms with Crippen LogP contribution < -0.4 is 10.1 Å². The van der Waals surface area contributed by atoms with Crippen LogP contribution in [0, 0.1) is 0 Å². The molecule has 5 heteroatoms. The summed E-state index contributed by atoms with van der Waals surface area (Å²) in [6, 6.07) is 15.9. The van der Waals surface area contributed by atoms with Crippen LogP contribution in [0.1, 0.15) is 16.7 Å². The van der Waals surface area contributed by atoms with Crippen LogP contribution in [0.5, 0.6) is 5.75 Å². The lowest BCUT2D eigenvalue weighted by molar-refractivity contribution is -0.117. The van der Waals surface area contributed by atoms with E-state index in [4.69, 9.17) is 4.74 Å². The first kappa shape index (κ1) is 16.1. The predicted octanol–water partition coefficient (Wildman–Crippen LogP) is 3.02. The van der Waals surface area contributed by atoms with Gasteiger partial charge in [-0.3, -0.25) is 4.79 Å². The molecule has 0 unspecified atom stereocenters. The van der Waals surface area contributed by atoms with Crippen molar-refractivity contribution in [1.82, 2.24) is 14.9 Å². The van der Waals surface area contributed by atoms with Crippen molar-refractivity contribution in [3.8, 4) is 5.75 Å². The number of ether oxygens (including phenoxy) is 1. The number of amides is 1. The normalized spacial score (nSPS) is 12.7. The van der Waals surface area contributed by atoms with Gasteiger partial charge in [-0.15, -0.1) is 0 Å². The first-order valence-corrected chi connectivity index (χ1v) is 8.52. The molecule has 2 aromatic carbocycles. The van der Waals surface area contributed by atoms with Crippen molar-refractivity contribution in [2.24, 2.45) is 0 Å². The molecule has 1 aromatic heterocycles. The van der Waals surface area contributed by atoms with Crippen LogP contribution in [-0.4, -0.2) is 22.1 Å². The van der Waals surface area contributed by atoms with E-state index in [9.17, 15) is 4.79 Å². The molecule has 0 saturated carbocycles. The highest BCUT2D eigenvalue weighted by atomic mass is 16.5.